The van der Waals surface area contributed by atoms with Gasteiger partial charge in [-0.15, -0.1) is 0 Å². The van der Waals surface area contributed by atoms with Crippen molar-refractivity contribution in [1.29, 1.82) is 0 Å². The molecule has 1 aliphatic heterocycles. The van der Waals surface area contributed by atoms with Crippen molar-refractivity contribution in [3.63, 3.8) is 0 Å². The zero-order valence-electron chi connectivity index (χ0n) is 14.4. The van der Waals surface area contributed by atoms with Crippen LogP contribution in [0.3, 0.4) is 0 Å². The summed E-state index contributed by atoms with van der Waals surface area (Å²) < 4.78 is 5.24. The first-order valence-corrected chi connectivity index (χ1v) is 8.27. The van der Waals surface area contributed by atoms with E-state index < -0.39 is 0 Å². The minimum atomic E-state index is -0.379. The predicted octanol–water partition coefficient (Wildman–Crippen LogP) is 2.96. The van der Waals surface area contributed by atoms with Gasteiger partial charge in [0.1, 0.15) is 11.4 Å². The van der Waals surface area contributed by atoms with Crippen molar-refractivity contribution in [1.82, 2.24) is 4.90 Å². The van der Waals surface area contributed by atoms with Crippen LogP contribution in [-0.4, -0.2) is 49.1 Å². The largest absolute Gasteiger partial charge is 0.495 e. The Morgan fingerprint density at radius 3 is 2.42 bits per heavy atom. The fourth-order valence-electron chi connectivity index (χ4n) is 2.98. The lowest BCUT2D eigenvalue weighted by Gasteiger charge is -2.35. The van der Waals surface area contributed by atoms with Crippen molar-refractivity contribution in [3.8, 4) is 5.75 Å². The number of rotatable bonds is 4. The number of carbonyl (C=O) groups is 1. The van der Waals surface area contributed by atoms with Crippen molar-refractivity contribution in [3.05, 3.63) is 58.6 Å². The lowest BCUT2D eigenvalue weighted by Crippen LogP contribution is -2.50. The van der Waals surface area contributed by atoms with E-state index in [-0.39, 0.29) is 16.6 Å². The average Bonchev–Trinajstić information content (AvgIpc) is 2.68. The lowest BCUT2D eigenvalue weighted by molar-refractivity contribution is -0.384. The number of hydrogen-bond donors (Lipinski definition) is 1. The number of amides is 2. The molecule has 0 atom stereocenters. The third-order valence-corrected chi connectivity index (χ3v) is 4.33. The van der Waals surface area contributed by atoms with Crippen LogP contribution in [0.15, 0.2) is 48.5 Å². The van der Waals surface area contributed by atoms with E-state index >= 15 is 0 Å². The van der Waals surface area contributed by atoms with E-state index in [0.717, 1.165) is 0 Å². The van der Waals surface area contributed by atoms with E-state index in [4.69, 9.17) is 4.74 Å². The smallest absolute Gasteiger partial charge is 0.322 e. The van der Waals surface area contributed by atoms with Gasteiger partial charge in [0.05, 0.1) is 17.7 Å². The SMILES string of the molecule is COc1ccccc1NC(=O)N1CCN(c2ccccc2[N+](=O)[O-])CC1. The molecule has 0 bridgehead atoms. The number of methoxy groups -OCH3 is 1. The van der Waals surface area contributed by atoms with Gasteiger partial charge in [-0.3, -0.25) is 10.1 Å². The van der Waals surface area contributed by atoms with Crippen LogP contribution in [-0.2, 0) is 0 Å². The number of nitro groups is 1. The number of urea groups is 1. The Kier molecular flexibility index (Phi) is 5.21. The van der Waals surface area contributed by atoms with E-state index in [1.807, 2.05) is 17.0 Å². The maximum absolute atomic E-state index is 12.5. The molecular formula is C18H20N4O4. The normalized spacial score (nSPS) is 14.0. The first-order chi connectivity index (χ1) is 12.6. The summed E-state index contributed by atoms with van der Waals surface area (Å²) in [6.45, 7) is 2.02. The Morgan fingerprint density at radius 1 is 1.08 bits per heavy atom. The van der Waals surface area contributed by atoms with Crippen LogP contribution in [0.2, 0.25) is 0 Å². The van der Waals surface area contributed by atoms with E-state index in [1.54, 1.807) is 42.3 Å². The fraction of sp³-hybridized carbons (Fsp3) is 0.278. The molecule has 0 aromatic heterocycles. The molecule has 0 saturated carbocycles. The predicted molar refractivity (Wildman–Crippen MR) is 98.9 cm³/mol. The van der Waals surface area contributed by atoms with E-state index in [0.29, 0.717) is 43.3 Å². The number of nitrogens with zero attached hydrogens (tertiary/aromatic N) is 3. The van der Waals surface area contributed by atoms with Crippen LogP contribution < -0.4 is 15.0 Å². The molecule has 1 N–H and O–H groups in total. The number of benzene rings is 2. The van der Waals surface area contributed by atoms with Crippen LogP contribution in [0.25, 0.3) is 0 Å². The zero-order chi connectivity index (χ0) is 18.5. The summed E-state index contributed by atoms with van der Waals surface area (Å²) in [5.41, 5.74) is 1.28. The van der Waals surface area contributed by atoms with E-state index in [1.165, 1.54) is 6.07 Å². The van der Waals surface area contributed by atoms with Gasteiger partial charge in [-0.1, -0.05) is 24.3 Å². The van der Waals surface area contributed by atoms with Crippen molar-refractivity contribution in [2.24, 2.45) is 0 Å². The highest BCUT2D eigenvalue weighted by atomic mass is 16.6. The summed E-state index contributed by atoms with van der Waals surface area (Å²) in [7, 11) is 1.55. The number of nitrogens with one attached hydrogen (secondary N) is 1. The monoisotopic (exact) mass is 356 g/mol. The molecule has 0 unspecified atom stereocenters. The number of carbonyl (C=O) groups excluding carboxylic acids is 1. The molecule has 1 fully saturated rings. The third kappa shape index (κ3) is 3.69. The average molecular weight is 356 g/mol. The van der Waals surface area contributed by atoms with E-state index in [9.17, 15) is 14.9 Å². The molecule has 3 rings (SSSR count). The Bertz CT molecular complexity index is 803. The standard InChI is InChI=1S/C18H20N4O4/c1-26-17-9-5-2-6-14(17)19-18(23)21-12-10-20(11-13-21)15-7-3-4-8-16(15)22(24)25/h2-9H,10-13H2,1H3,(H,19,23). The molecule has 8 nitrogen and oxygen atoms in total. The zero-order valence-corrected chi connectivity index (χ0v) is 14.4. The van der Waals surface area contributed by atoms with Gasteiger partial charge in [0.25, 0.3) is 5.69 Å². The maximum atomic E-state index is 12.5. The molecule has 1 aliphatic rings. The molecule has 26 heavy (non-hydrogen) atoms. The lowest BCUT2D eigenvalue weighted by atomic mass is 10.2. The molecule has 8 heteroatoms. The molecule has 0 aliphatic carbocycles. The molecule has 2 aromatic carbocycles. The first kappa shape index (κ1) is 17.5. The van der Waals surface area contributed by atoms with Crippen LogP contribution >= 0.6 is 0 Å². The fourth-order valence-corrected chi connectivity index (χ4v) is 2.98. The third-order valence-electron chi connectivity index (χ3n) is 4.33. The van der Waals surface area contributed by atoms with Gasteiger partial charge in [0.15, 0.2) is 0 Å². The summed E-state index contributed by atoms with van der Waals surface area (Å²) in [6, 6.07) is 13.7. The number of hydrogen-bond acceptors (Lipinski definition) is 5. The highest BCUT2D eigenvalue weighted by Gasteiger charge is 2.25. The summed E-state index contributed by atoms with van der Waals surface area (Å²) in [5, 5.41) is 14.0. The minimum absolute atomic E-state index is 0.0828. The van der Waals surface area contributed by atoms with Gasteiger partial charge in [-0.2, -0.15) is 0 Å². The van der Waals surface area contributed by atoms with Gasteiger partial charge in [0, 0.05) is 32.2 Å². The Morgan fingerprint density at radius 2 is 1.73 bits per heavy atom. The van der Waals surface area contributed by atoms with Gasteiger partial charge in [-0.05, 0) is 18.2 Å². The summed E-state index contributed by atoms with van der Waals surface area (Å²) in [5.74, 6) is 0.597. The summed E-state index contributed by atoms with van der Waals surface area (Å²) in [6.07, 6.45) is 0. The Balaban J connectivity index is 1.64. The molecule has 0 radical (unpaired) electrons. The molecule has 1 heterocycles. The molecule has 0 spiro atoms. The number of ether oxygens (including phenoxy) is 1. The van der Waals surface area contributed by atoms with Crippen molar-refractivity contribution in [2.75, 3.05) is 43.5 Å². The van der Waals surface area contributed by atoms with E-state index in [2.05, 4.69) is 5.32 Å². The highest BCUT2D eigenvalue weighted by Crippen LogP contribution is 2.28. The minimum Gasteiger partial charge on any atom is -0.495 e. The van der Waals surface area contributed by atoms with Crippen LogP contribution in [0.4, 0.5) is 21.9 Å². The first-order valence-electron chi connectivity index (χ1n) is 8.27. The summed E-state index contributed by atoms with van der Waals surface area (Å²) in [4.78, 5) is 26.9. The number of para-hydroxylation sites is 4. The van der Waals surface area contributed by atoms with Gasteiger partial charge in [-0.25, -0.2) is 4.79 Å². The Labute approximate surface area is 151 Å². The molecule has 1 saturated heterocycles. The van der Waals surface area contributed by atoms with Gasteiger partial charge in [0.2, 0.25) is 0 Å². The van der Waals surface area contributed by atoms with Gasteiger partial charge < -0.3 is 19.9 Å². The number of anilines is 2. The van der Waals surface area contributed by atoms with Crippen LogP contribution in [0.5, 0.6) is 5.75 Å². The second-order valence-corrected chi connectivity index (χ2v) is 5.85. The quantitative estimate of drug-likeness (QED) is 0.672. The topological polar surface area (TPSA) is 88.0 Å². The second kappa shape index (κ2) is 7.73. The van der Waals surface area contributed by atoms with Gasteiger partial charge >= 0.3 is 6.03 Å². The van der Waals surface area contributed by atoms with Crippen LogP contribution in [0.1, 0.15) is 0 Å². The second-order valence-electron chi connectivity index (χ2n) is 5.85. The molecule has 2 amide bonds. The molecule has 136 valence electrons. The van der Waals surface area contributed by atoms with Crippen molar-refractivity contribution < 1.29 is 14.5 Å². The molecular weight excluding hydrogens is 336 g/mol. The highest BCUT2D eigenvalue weighted by molar-refractivity contribution is 5.91. The Hall–Kier alpha value is -3.29. The van der Waals surface area contributed by atoms with Crippen LogP contribution in [0, 0.1) is 10.1 Å². The summed E-state index contributed by atoms with van der Waals surface area (Å²) >= 11 is 0. The number of piperazine rings is 1. The number of nitro benzene ring substituents is 1. The van der Waals surface area contributed by atoms with Crippen molar-refractivity contribution >= 4 is 23.1 Å². The van der Waals surface area contributed by atoms with Crippen molar-refractivity contribution in [2.45, 2.75) is 0 Å². The maximum Gasteiger partial charge on any atom is 0.322 e. The molecule has 2 aromatic rings.